The number of carboxylic acid groups (broad SMARTS) is 1. The van der Waals surface area contributed by atoms with Gasteiger partial charge in [-0.05, 0) is 36.0 Å². The molecule has 134 valence electrons. The van der Waals surface area contributed by atoms with E-state index in [4.69, 9.17) is 0 Å². The van der Waals surface area contributed by atoms with E-state index >= 15 is 0 Å². The summed E-state index contributed by atoms with van der Waals surface area (Å²) in [6, 6.07) is 8.88. The van der Waals surface area contributed by atoms with Crippen molar-refractivity contribution in [3.05, 3.63) is 63.1 Å². The van der Waals surface area contributed by atoms with E-state index in [1.165, 1.54) is 5.56 Å². The highest BCUT2D eigenvalue weighted by atomic mass is 16.4. The lowest BCUT2D eigenvalue weighted by atomic mass is 9.82. The highest BCUT2D eigenvalue weighted by Crippen LogP contribution is 2.27. The second kappa shape index (κ2) is 7.21. The molecule has 0 radical (unpaired) electrons. The van der Waals surface area contributed by atoms with Crippen molar-refractivity contribution in [2.75, 3.05) is 0 Å². The van der Waals surface area contributed by atoms with E-state index in [1.54, 1.807) is 19.9 Å². The SMILES string of the molecule is CCC(C(=O)O)n1nc(C)cc(Cc2ccccc2C(C)(C)C)c1=O. The van der Waals surface area contributed by atoms with Crippen LogP contribution in [0, 0.1) is 6.92 Å². The van der Waals surface area contributed by atoms with Crippen LogP contribution in [0.15, 0.2) is 35.1 Å². The maximum absolute atomic E-state index is 12.8. The van der Waals surface area contributed by atoms with Crippen LogP contribution in [0.3, 0.4) is 0 Å². The second-order valence-corrected chi connectivity index (χ2v) is 7.41. The van der Waals surface area contributed by atoms with Crippen LogP contribution in [-0.4, -0.2) is 20.9 Å². The normalized spacial score (nSPS) is 12.8. The monoisotopic (exact) mass is 342 g/mol. The van der Waals surface area contributed by atoms with Gasteiger partial charge in [-0.25, -0.2) is 9.48 Å². The fourth-order valence-electron chi connectivity index (χ4n) is 3.11. The van der Waals surface area contributed by atoms with Gasteiger partial charge in [0.1, 0.15) is 0 Å². The van der Waals surface area contributed by atoms with E-state index in [1.807, 2.05) is 18.2 Å². The second-order valence-electron chi connectivity index (χ2n) is 7.41. The number of hydrogen-bond acceptors (Lipinski definition) is 3. The summed E-state index contributed by atoms with van der Waals surface area (Å²) in [7, 11) is 0. The van der Waals surface area contributed by atoms with E-state index in [0.29, 0.717) is 24.1 Å². The average Bonchev–Trinajstić information content (AvgIpc) is 2.51. The lowest BCUT2D eigenvalue weighted by Crippen LogP contribution is -2.34. The number of benzene rings is 1. The molecule has 25 heavy (non-hydrogen) atoms. The van der Waals surface area contributed by atoms with E-state index in [2.05, 4.69) is 31.9 Å². The third kappa shape index (κ3) is 4.16. The molecule has 1 atom stereocenters. The minimum Gasteiger partial charge on any atom is -0.480 e. The molecule has 0 amide bonds. The molecule has 1 heterocycles. The number of rotatable bonds is 5. The van der Waals surface area contributed by atoms with Gasteiger partial charge in [-0.1, -0.05) is 52.0 Å². The van der Waals surface area contributed by atoms with E-state index in [0.717, 1.165) is 10.2 Å². The molecule has 1 aromatic carbocycles. The Balaban J connectivity index is 2.54. The predicted octanol–water partition coefficient (Wildman–Crippen LogP) is 3.48. The summed E-state index contributed by atoms with van der Waals surface area (Å²) < 4.78 is 1.12. The number of aliphatic carboxylic acids is 1. The lowest BCUT2D eigenvalue weighted by molar-refractivity contribution is -0.141. The molecule has 5 nitrogen and oxygen atoms in total. The quantitative estimate of drug-likeness (QED) is 0.903. The number of aromatic nitrogens is 2. The van der Waals surface area contributed by atoms with Gasteiger partial charge in [0.05, 0.1) is 5.69 Å². The standard InChI is InChI=1S/C20H26N2O3/c1-6-17(19(24)25)22-18(23)15(11-13(2)21-22)12-14-9-7-8-10-16(14)20(3,4)5/h7-11,17H,6,12H2,1-5H3,(H,24,25). The van der Waals surface area contributed by atoms with Crippen LogP contribution >= 0.6 is 0 Å². The molecule has 0 spiro atoms. The Morgan fingerprint density at radius 3 is 2.44 bits per heavy atom. The van der Waals surface area contributed by atoms with Crippen LogP contribution in [0.2, 0.25) is 0 Å². The largest absolute Gasteiger partial charge is 0.480 e. The Hall–Kier alpha value is -2.43. The average molecular weight is 342 g/mol. The van der Waals surface area contributed by atoms with Gasteiger partial charge in [0.25, 0.3) is 5.56 Å². The van der Waals surface area contributed by atoms with Crippen molar-refractivity contribution in [3.8, 4) is 0 Å². The van der Waals surface area contributed by atoms with E-state index in [-0.39, 0.29) is 11.0 Å². The number of hydrogen-bond donors (Lipinski definition) is 1. The summed E-state index contributed by atoms with van der Waals surface area (Å²) >= 11 is 0. The molecule has 0 aliphatic carbocycles. The van der Waals surface area contributed by atoms with Crippen LogP contribution in [0.25, 0.3) is 0 Å². The molecule has 1 aromatic heterocycles. The minimum absolute atomic E-state index is 0.0370. The molecule has 5 heteroatoms. The number of aryl methyl sites for hydroxylation is 1. The van der Waals surface area contributed by atoms with Crippen molar-refractivity contribution in [2.24, 2.45) is 0 Å². The first-order chi connectivity index (χ1) is 11.6. The van der Waals surface area contributed by atoms with E-state index < -0.39 is 12.0 Å². The zero-order valence-electron chi connectivity index (χ0n) is 15.5. The first kappa shape index (κ1) is 18.9. The van der Waals surface area contributed by atoms with Crippen LogP contribution < -0.4 is 5.56 Å². The fourth-order valence-corrected chi connectivity index (χ4v) is 3.11. The Kier molecular flexibility index (Phi) is 5.45. The van der Waals surface area contributed by atoms with Crippen LogP contribution in [0.4, 0.5) is 0 Å². The van der Waals surface area contributed by atoms with Gasteiger partial charge < -0.3 is 5.11 Å². The van der Waals surface area contributed by atoms with Crippen LogP contribution in [-0.2, 0) is 16.6 Å². The first-order valence-electron chi connectivity index (χ1n) is 8.55. The molecule has 0 bridgehead atoms. The Bertz CT molecular complexity index is 832. The zero-order chi connectivity index (χ0) is 18.8. The summed E-state index contributed by atoms with van der Waals surface area (Å²) in [4.78, 5) is 24.3. The molecule has 1 N–H and O–H groups in total. The predicted molar refractivity (Wildman–Crippen MR) is 98.1 cm³/mol. The summed E-state index contributed by atoms with van der Waals surface area (Å²) in [6.07, 6.45) is 0.773. The molecule has 2 aromatic rings. The van der Waals surface area contributed by atoms with Gasteiger partial charge in [-0.2, -0.15) is 5.10 Å². The molecular weight excluding hydrogens is 316 g/mol. The molecule has 0 aliphatic heterocycles. The maximum Gasteiger partial charge on any atom is 0.328 e. The van der Waals surface area contributed by atoms with Crippen molar-refractivity contribution >= 4 is 5.97 Å². The van der Waals surface area contributed by atoms with Gasteiger partial charge in [0.2, 0.25) is 0 Å². The van der Waals surface area contributed by atoms with Gasteiger partial charge >= 0.3 is 5.97 Å². The molecule has 0 saturated carbocycles. The molecular formula is C20H26N2O3. The third-order valence-corrected chi connectivity index (χ3v) is 4.30. The zero-order valence-corrected chi connectivity index (χ0v) is 15.5. The van der Waals surface area contributed by atoms with Crippen molar-refractivity contribution in [2.45, 2.75) is 58.9 Å². The molecule has 1 unspecified atom stereocenters. The lowest BCUT2D eigenvalue weighted by Gasteiger charge is -2.23. The first-order valence-corrected chi connectivity index (χ1v) is 8.55. The minimum atomic E-state index is -1.04. The number of carbonyl (C=O) groups is 1. The summed E-state index contributed by atoms with van der Waals surface area (Å²) in [5.41, 5.74) is 3.10. The summed E-state index contributed by atoms with van der Waals surface area (Å²) in [6.45, 7) is 9.94. The van der Waals surface area contributed by atoms with Crippen molar-refractivity contribution in [3.63, 3.8) is 0 Å². The van der Waals surface area contributed by atoms with E-state index in [9.17, 15) is 14.7 Å². The number of nitrogens with zero attached hydrogens (tertiary/aromatic N) is 2. The van der Waals surface area contributed by atoms with Crippen LogP contribution in [0.5, 0.6) is 0 Å². The smallest absolute Gasteiger partial charge is 0.328 e. The molecule has 0 fully saturated rings. The molecule has 0 aliphatic rings. The number of carboxylic acids is 1. The summed E-state index contributed by atoms with van der Waals surface area (Å²) in [5.74, 6) is -1.04. The van der Waals surface area contributed by atoms with Gasteiger partial charge in [-0.3, -0.25) is 4.79 Å². The topological polar surface area (TPSA) is 72.2 Å². The van der Waals surface area contributed by atoms with Crippen molar-refractivity contribution in [1.82, 2.24) is 9.78 Å². The summed E-state index contributed by atoms with van der Waals surface area (Å²) in [5, 5.41) is 13.5. The molecule has 2 rings (SSSR count). The van der Waals surface area contributed by atoms with Crippen molar-refractivity contribution in [1.29, 1.82) is 0 Å². The Morgan fingerprint density at radius 1 is 1.24 bits per heavy atom. The fraction of sp³-hybridized carbons (Fsp3) is 0.450. The highest BCUT2D eigenvalue weighted by Gasteiger charge is 2.23. The maximum atomic E-state index is 12.8. The van der Waals surface area contributed by atoms with Gasteiger partial charge in [-0.15, -0.1) is 0 Å². The van der Waals surface area contributed by atoms with Crippen molar-refractivity contribution < 1.29 is 9.90 Å². The highest BCUT2D eigenvalue weighted by molar-refractivity contribution is 5.71. The van der Waals surface area contributed by atoms with Crippen LogP contribution in [0.1, 0.15) is 62.5 Å². The Morgan fingerprint density at radius 2 is 1.88 bits per heavy atom. The van der Waals surface area contributed by atoms with Gasteiger partial charge in [0, 0.05) is 12.0 Å². The molecule has 0 saturated heterocycles. The Labute approximate surface area is 148 Å². The third-order valence-electron chi connectivity index (χ3n) is 4.30. The van der Waals surface area contributed by atoms with Gasteiger partial charge in [0.15, 0.2) is 6.04 Å².